The van der Waals surface area contributed by atoms with Gasteiger partial charge in [-0.2, -0.15) is 0 Å². The zero-order valence-electron chi connectivity index (χ0n) is 9.79. The third-order valence-electron chi connectivity index (χ3n) is 1.35. The van der Waals surface area contributed by atoms with Crippen molar-refractivity contribution >= 4 is 11.9 Å². The predicted molar refractivity (Wildman–Crippen MR) is 73.9 cm³/mol. The third-order valence-corrected chi connectivity index (χ3v) is 1.35. The molecule has 0 bridgehead atoms. The maximum Gasteiger partial charge on any atom is 0.308 e. The van der Waals surface area contributed by atoms with Crippen LogP contribution in [-0.4, -0.2) is 26.2 Å². The minimum Gasteiger partial charge on any atom is -0.469 e. The fourth-order valence-corrected chi connectivity index (χ4v) is 0.471. The molecule has 0 aromatic rings. The van der Waals surface area contributed by atoms with Crippen LogP contribution in [0.25, 0.3) is 0 Å². The van der Waals surface area contributed by atoms with E-state index in [0.717, 1.165) is 0 Å². The number of methoxy groups -OCH3 is 2. The van der Waals surface area contributed by atoms with E-state index in [1.807, 2.05) is 0 Å². The monoisotopic (exact) mass is 252 g/mol. The second kappa shape index (κ2) is 17.3. The molecule has 17 heavy (non-hydrogen) atoms. The van der Waals surface area contributed by atoms with Crippen LogP contribution in [0.5, 0.6) is 0 Å². The lowest BCUT2D eigenvalue weighted by Crippen LogP contribution is -2.07. The molecule has 108 valence electrons. The molecule has 0 rings (SSSR count). The number of rotatable bonds is 2. The quantitative estimate of drug-likeness (QED) is 0.705. The van der Waals surface area contributed by atoms with Crippen molar-refractivity contribution in [2.24, 2.45) is 11.8 Å². The molecule has 0 fully saturated rings. The van der Waals surface area contributed by atoms with Crippen LogP contribution in [0.15, 0.2) is 0 Å². The van der Waals surface area contributed by atoms with Gasteiger partial charge in [-0.15, -0.1) is 0 Å². The summed E-state index contributed by atoms with van der Waals surface area (Å²) in [6, 6.07) is 0. The summed E-state index contributed by atoms with van der Waals surface area (Å²) in [7, 11) is 2.78. The summed E-state index contributed by atoms with van der Waals surface area (Å²) >= 11 is 0. The summed E-state index contributed by atoms with van der Waals surface area (Å²) in [5, 5.41) is 0. The zero-order valence-corrected chi connectivity index (χ0v) is 9.79. The van der Waals surface area contributed by atoms with E-state index in [0.29, 0.717) is 0 Å². The predicted octanol–water partition coefficient (Wildman–Crippen LogP) is 3.54. The molecule has 0 aliphatic heterocycles. The minimum atomic E-state index is -0.153. The van der Waals surface area contributed by atoms with Gasteiger partial charge in [0.05, 0.1) is 26.1 Å². The number of ether oxygens (including phenoxy) is 2. The van der Waals surface area contributed by atoms with Crippen molar-refractivity contribution in [2.45, 2.75) is 50.0 Å². The smallest absolute Gasteiger partial charge is 0.308 e. The van der Waals surface area contributed by atoms with E-state index in [1.54, 1.807) is 27.7 Å². The first-order chi connectivity index (χ1) is 6.36. The van der Waals surface area contributed by atoms with Gasteiger partial charge in [-0.25, -0.2) is 0 Å². The fourth-order valence-electron chi connectivity index (χ4n) is 0.471. The highest BCUT2D eigenvalue weighted by Gasteiger charge is 2.03. The number of carbonyl (C=O) groups is 2. The van der Waals surface area contributed by atoms with Gasteiger partial charge in [-0.1, -0.05) is 50.0 Å². The molecular formula is C13H32O4. The molecule has 0 heterocycles. The molecule has 0 aliphatic rings. The summed E-state index contributed by atoms with van der Waals surface area (Å²) in [5.74, 6) is -0.296. The van der Waals surface area contributed by atoms with Gasteiger partial charge in [0.25, 0.3) is 0 Å². The van der Waals surface area contributed by atoms with Crippen LogP contribution in [0.4, 0.5) is 0 Å². The van der Waals surface area contributed by atoms with Gasteiger partial charge in [0, 0.05) is 0 Å². The summed E-state index contributed by atoms with van der Waals surface area (Å²) < 4.78 is 8.75. The average Bonchev–Trinajstić information content (AvgIpc) is 2.15. The average molecular weight is 252 g/mol. The van der Waals surface area contributed by atoms with Crippen LogP contribution in [0.2, 0.25) is 0 Å². The molecule has 0 saturated heterocycles. The van der Waals surface area contributed by atoms with Gasteiger partial charge in [-0.05, 0) is 0 Å². The Labute approximate surface area is 108 Å². The lowest BCUT2D eigenvalue weighted by Gasteiger charge is -1.97. The van der Waals surface area contributed by atoms with E-state index >= 15 is 0 Å². The number of hydrogen-bond donors (Lipinski definition) is 0. The Morgan fingerprint density at radius 3 is 0.882 bits per heavy atom. The second-order valence-electron chi connectivity index (χ2n) is 3.36. The van der Waals surface area contributed by atoms with Gasteiger partial charge in [0.1, 0.15) is 0 Å². The molecule has 4 nitrogen and oxygen atoms in total. The molecule has 0 saturated carbocycles. The van der Waals surface area contributed by atoms with Crippen LogP contribution in [0, 0.1) is 11.8 Å². The van der Waals surface area contributed by atoms with Crippen LogP contribution in [0.1, 0.15) is 50.0 Å². The number of esters is 2. The van der Waals surface area contributed by atoms with Crippen molar-refractivity contribution in [3.8, 4) is 0 Å². The summed E-state index contributed by atoms with van der Waals surface area (Å²) in [6.45, 7) is 7.19. The van der Waals surface area contributed by atoms with Crippen molar-refractivity contribution in [2.75, 3.05) is 14.2 Å². The topological polar surface area (TPSA) is 52.6 Å². The molecule has 0 aliphatic carbocycles. The summed E-state index contributed by atoms with van der Waals surface area (Å²) in [6.07, 6.45) is 0. The largest absolute Gasteiger partial charge is 0.469 e. The molecule has 0 unspecified atom stereocenters. The Morgan fingerprint density at radius 2 is 0.882 bits per heavy atom. The Kier molecular flexibility index (Phi) is 30.3. The summed E-state index contributed by atoms with van der Waals surface area (Å²) in [4.78, 5) is 20.6. The van der Waals surface area contributed by atoms with E-state index in [2.05, 4.69) is 9.47 Å². The van der Waals surface area contributed by atoms with E-state index in [1.165, 1.54) is 14.2 Å². The Hall–Kier alpha value is -1.06. The molecule has 0 atom stereocenters. The molecular weight excluding hydrogens is 220 g/mol. The zero-order chi connectivity index (χ0) is 11.7. The first-order valence-electron chi connectivity index (χ1n) is 4.52. The number of hydrogen-bond acceptors (Lipinski definition) is 4. The molecule has 0 aromatic carbocycles. The van der Waals surface area contributed by atoms with Crippen LogP contribution < -0.4 is 0 Å². The third kappa shape index (κ3) is 20.9. The van der Waals surface area contributed by atoms with Crippen molar-refractivity contribution in [3.63, 3.8) is 0 Å². The highest BCUT2D eigenvalue weighted by molar-refractivity contribution is 5.71. The lowest BCUT2D eigenvalue weighted by molar-refractivity contribution is -0.145. The van der Waals surface area contributed by atoms with Crippen molar-refractivity contribution in [3.05, 3.63) is 0 Å². The van der Waals surface area contributed by atoms with Gasteiger partial charge < -0.3 is 9.47 Å². The first-order valence-corrected chi connectivity index (χ1v) is 4.52. The molecule has 0 spiro atoms. The maximum absolute atomic E-state index is 10.3. The Balaban J connectivity index is -0.0000000480. The van der Waals surface area contributed by atoms with E-state index in [4.69, 9.17) is 0 Å². The van der Waals surface area contributed by atoms with Gasteiger partial charge >= 0.3 is 11.9 Å². The van der Waals surface area contributed by atoms with Gasteiger partial charge in [0.2, 0.25) is 0 Å². The Bertz CT molecular complexity index is 154. The highest BCUT2D eigenvalue weighted by Crippen LogP contribution is 1.92. The highest BCUT2D eigenvalue weighted by atomic mass is 16.5. The van der Waals surface area contributed by atoms with E-state index in [9.17, 15) is 9.59 Å². The second-order valence-corrected chi connectivity index (χ2v) is 3.36. The Morgan fingerprint density at radius 1 is 0.706 bits per heavy atom. The maximum atomic E-state index is 10.3. The standard InChI is InChI=1S/2C5H10O2.3CH4/c2*1-4(2)5(6)7-3;;;/h2*4H,1-3H3;3*1H4. The molecule has 4 heteroatoms. The number of carbonyl (C=O) groups excluding carboxylic acids is 2. The van der Waals surface area contributed by atoms with Crippen LogP contribution >= 0.6 is 0 Å². The SMILES string of the molecule is C.C.C.COC(=O)C(C)C.COC(=O)C(C)C. The van der Waals surface area contributed by atoms with Gasteiger partial charge in [-0.3, -0.25) is 9.59 Å². The van der Waals surface area contributed by atoms with Crippen molar-refractivity contribution in [1.82, 2.24) is 0 Å². The first kappa shape index (κ1) is 29.7. The van der Waals surface area contributed by atoms with Crippen molar-refractivity contribution < 1.29 is 19.1 Å². The molecule has 0 radical (unpaired) electrons. The molecule has 0 aromatic heterocycles. The van der Waals surface area contributed by atoms with Crippen LogP contribution in [0.3, 0.4) is 0 Å². The fraction of sp³-hybridized carbons (Fsp3) is 0.846. The minimum absolute atomic E-state index is 0. The van der Waals surface area contributed by atoms with Gasteiger partial charge in [0.15, 0.2) is 0 Å². The van der Waals surface area contributed by atoms with E-state index < -0.39 is 0 Å². The van der Waals surface area contributed by atoms with E-state index in [-0.39, 0.29) is 46.1 Å². The lowest BCUT2D eigenvalue weighted by atomic mass is 10.2. The van der Waals surface area contributed by atoms with Crippen molar-refractivity contribution in [1.29, 1.82) is 0 Å². The molecule has 0 N–H and O–H groups in total. The molecule has 0 amide bonds. The van der Waals surface area contributed by atoms with Crippen LogP contribution in [-0.2, 0) is 19.1 Å². The summed E-state index contributed by atoms with van der Waals surface area (Å²) in [5.41, 5.74) is 0. The normalized spacial score (nSPS) is 7.53.